The molecule has 6 nitrogen and oxygen atoms in total. The van der Waals surface area contributed by atoms with E-state index >= 15 is 0 Å². The highest BCUT2D eigenvalue weighted by Gasteiger charge is 2.19. The van der Waals surface area contributed by atoms with E-state index in [2.05, 4.69) is 26.2 Å². The number of rotatable bonds is 5. The van der Waals surface area contributed by atoms with Crippen LogP contribution in [0, 0.1) is 12.3 Å². The molecule has 0 atom stereocenters. The lowest BCUT2D eigenvalue weighted by Crippen LogP contribution is -2.27. The van der Waals surface area contributed by atoms with Crippen molar-refractivity contribution < 1.29 is 9.47 Å². The summed E-state index contributed by atoms with van der Waals surface area (Å²) in [4.78, 5) is 12.0. The summed E-state index contributed by atoms with van der Waals surface area (Å²) in [5, 5.41) is 2.95. The molecule has 6 heteroatoms. The summed E-state index contributed by atoms with van der Waals surface area (Å²) in [7, 11) is 1.47. The van der Waals surface area contributed by atoms with Crippen LogP contribution in [0.5, 0.6) is 12.0 Å². The molecule has 1 aromatic heterocycles. The van der Waals surface area contributed by atoms with E-state index in [9.17, 15) is 0 Å². The monoisotopic (exact) mass is 236 g/mol. The number of hydrogen-bond donors (Lipinski definition) is 1. The van der Waals surface area contributed by atoms with Gasteiger partial charge in [-0.05, 0) is 20.8 Å². The van der Waals surface area contributed by atoms with Crippen LogP contribution in [0.4, 0.5) is 5.95 Å². The van der Waals surface area contributed by atoms with Gasteiger partial charge in [-0.25, -0.2) is 0 Å². The molecule has 0 aliphatic heterocycles. The van der Waals surface area contributed by atoms with Crippen molar-refractivity contribution in [3.8, 4) is 24.4 Å². The number of nitrogens with zero attached hydrogens (tertiary/aromatic N) is 3. The zero-order valence-electron chi connectivity index (χ0n) is 10.4. The van der Waals surface area contributed by atoms with Gasteiger partial charge in [0.05, 0.1) is 7.11 Å². The maximum Gasteiger partial charge on any atom is 0.325 e. The smallest absolute Gasteiger partial charge is 0.325 e. The minimum atomic E-state index is -0.782. The minimum absolute atomic E-state index is 0.135. The Morgan fingerprint density at radius 1 is 1.29 bits per heavy atom. The molecular weight excluding hydrogens is 220 g/mol. The lowest BCUT2D eigenvalue weighted by atomic mass is 10.2. The van der Waals surface area contributed by atoms with Gasteiger partial charge < -0.3 is 14.8 Å². The first kappa shape index (κ1) is 13.0. The Hall–Kier alpha value is -2.03. The molecule has 92 valence electrons. The van der Waals surface area contributed by atoms with E-state index in [1.165, 1.54) is 7.11 Å². The number of anilines is 1. The lowest BCUT2D eigenvalue weighted by molar-refractivity contribution is 0.154. The largest absolute Gasteiger partial charge is 0.467 e. The number of ether oxygens (including phenoxy) is 2. The van der Waals surface area contributed by atoms with Crippen molar-refractivity contribution in [3.05, 3.63) is 0 Å². The molecule has 1 N–H and O–H groups in total. The molecule has 0 fully saturated rings. The predicted octanol–water partition coefficient (Wildman–Crippen LogP) is 1.10. The van der Waals surface area contributed by atoms with Gasteiger partial charge in [0.1, 0.15) is 0 Å². The van der Waals surface area contributed by atoms with Crippen LogP contribution < -0.4 is 14.8 Å². The Labute approximate surface area is 101 Å². The van der Waals surface area contributed by atoms with Gasteiger partial charge in [-0.3, -0.25) is 0 Å². The van der Waals surface area contributed by atoms with Crippen LogP contribution in [0.25, 0.3) is 0 Å². The average molecular weight is 236 g/mol. The number of nitrogens with one attached hydrogen (secondary N) is 1. The third-order valence-corrected chi connectivity index (χ3v) is 1.81. The van der Waals surface area contributed by atoms with E-state index in [1.807, 2.05) is 6.92 Å². The fraction of sp³-hybridized carbons (Fsp3) is 0.545. The summed E-state index contributed by atoms with van der Waals surface area (Å²) in [6.07, 6.45) is 5.33. The van der Waals surface area contributed by atoms with Crippen LogP contribution in [0.1, 0.15) is 20.8 Å². The van der Waals surface area contributed by atoms with Crippen molar-refractivity contribution in [1.29, 1.82) is 0 Å². The second-order valence-corrected chi connectivity index (χ2v) is 3.72. The van der Waals surface area contributed by atoms with E-state index in [1.54, 1.807) is 13.8 Å². The summed E-state index contributed by atoms with van der Waals surface area (Å²) in [5.41, 5.74) is -0.782. The first-order valence-electron chi connectivity index (χ1n) is 5.21. The predicted molar refractivity (Wildman–Crippen MR) is 64.1 cm³/mol. The molecular formula is C11H16N4O2. The zero-order chi connectivity index (χ0) is 12.9. The van der Waals surface area contributed by atoms with Crippen LogP contribution in [-0.2, 0) is 0 Å². The van der Waals surface area contributed by atoms with Gasteiger partial charge in [-0.15, -0.1) is 11.4 Å². The number of hydrogen-bond acceptors (Lipinski definition) is 6. The highest BCUT2D eigenvalue weighted by molar-refractivity contribution is 5.27. The Balaban J connectivity index is 2.99. The van der Waals surface area contributed by atoms with Crippen molar-refractivity contribution in [1.82, 2.24) is 15.0 Å². The molecule has 1 rings (SSSR count). The average Bonchev–Trinajstić information content (AvgIpc) is 2.28. The Bertz CT molecular complexity index is 426. The number of methoxy groups -OCH3 is 1. The lowest BCUT2D eigenvalue weighted by Gasteiger charge is -2.18. The molecule has 0 bridgehead atoms. The van der Waals surface area contributed by atoms with E-state index in [4.69, 9.17) is 15.9 Å². The summed E-state index contributed by atoms with van der Waals surface area (Å²) in [5.74, 6) is 2.89. The Morgan fingerprint density at radius 3 is 2.47 bits per heavy atom. The van der Waals surface area contributed by atoms with Crippen molar-refractivity contribution in [3.63, 3.8) is 0 Å². The summed E-state index contributed by atoms with van der Waals surface area (Å²) in [6.45, 7) is 6.11. The highest BCUT2D eigenvalue weighted by atomic mass is 16.5. The number of aromatic nitrogens is 3. The molecule has 0 radical (unpaired) electrons. The molecule has 0 saturated carbocycles. The summed E-state index contributed by atoms with van der Waals surface area (Å²) < 4.78 is 10.4. The topological polar surface area (TPSA) is 69.2 Å². The SMILES string of the molecule is C#CC(C)(C)Oc1nc(NCC)nc(OC)n1. The fourth-order valence-corrected chi connectivity index (χ4v) is 0.970. The summed E-state index contributed by atoms with van der Waals surface area (Å²) >= 11 is 0. The van der Waals surface area contributed by atoms with Crippen molar-refractivity contribution in [2.24, 2.45) is 0 Å². The van der Waals surface area contributed by atoms with Gasteiger partial charge in [0, 0.05) is 6.54 Å². The Kier molecular flexibility index (Phi) is 4.10. The molecule has 1 aromatic rings. The molecule has 0 unspecified atom stereocenters. The third-order valence-electron chi connectivity index (χ3n) is 1.81. The molecule has 0 amide bonds. The van der Waals surface area contributed by atoms with Crippen LogP contribution in [0.2, 0.25) is 0 Å². The Morgan fingerprint density at radius 2 is 1.94 bits per heavy atom. The minimum Gasteiger partial charge on any atom is -0.467 e. The van der Waals surface area contributed by atoms with Gasteiger partial charge in [0.2, 0.25) is 5.95 Å². The zero-order valence-corrected chi connectivity index (χ0v) is 10.4. The first-order chi connectivity index (χ1) is 8.00. The van der Waals surface area contributed by atoms with Crippen molar-refractivity contribution in [2.75, 3.05) is 19.0 Å². The van der Waals surface area contributed by atoms with Crippen molar-refractivity contribution >= 4 is 5.95 Å². The quantitative estimate of drug-likeness (QED) is 0.772. The molecule has 17 heavy (non-hydrogen) atoms. The molecule has 0 aliphatic rings. The molecule has 1 heterocycles. The fourth-order valence-electron chi connectivity index (χ4n) is 0.970. The second-order valence-electron chi connectivity index (χ2n) is 3.72. The van der Waals surface area contributed by atoms with Gasteiger partial charge in [-0.1, -0.05) is 5.92 Å². The normalized spacial score (nSPS) is 10.5. The van der Waals surface area contributed by atoms with Crippen molar-refractivity contribution in [2.45, 2.75) is 26.4 Å². The van der Waals surface area contributed by atoms with Crippen LogP contribution in [0.3, 0.4) is 0 Å². The second kappa shape index (κ2) is 5.34. The maximum absolute atomic E-state index is 5.46. The number of terminal acetylenes is 1. The molecule has 0 aromatic carbocycles. The van der Waals surface area contributed by atoms with Crippen LogP contribution >= 0.6 is 0 Å². The van der Waals surface area contributed by atoms with Crippen LogP contribution in [-0.4, -0.2) is 34.2 Å². The van der Waals surface area contributed by atoms with Crippen LogP contribution in [0.15, 0.2) is 0 Å². The van der Waals surface area contributed by atoms with E-state index < -0.39 is 5.60 Å². The highest BCUT2D eigenvalue weighted by Crippen LogP contribution is 2.17. The summed E-state index contributed by atoms with van der Waals surface area (Å²) in [6, 6.07) is 0.314. The van der Waals surface area contributed by atoms with Gasteiger partial charge >= 0.3 is 12.0 Å². The first-order valence-corrected chi connectivity index (χ1v) is 5.21. The van der Waals surface area contributed by atoms with E-state index in [0.29, 0.717) is 12.5 Å². The van der Waals surface area contributed by atoms with Gasteiger partial charge in [0.15, 0.2) is 5.60 Å². The third kappa shape index (κ3) is 3.79. The molecule has 0 saturated heterocycles. The standard InChI is InChI=1S/C11H16N4O2/c1-6-11(3,4)17-10-14-8(12-7-2)13-9(15-10)16-5/h1H,7H2,2-5H3,(H,12,13,14,15). The van der Waals surface area contributed by atoms with Gasteiger partial charge in [-0.2, -0.15) is 9.97 Å². The molecule has 0 aliphatic carbocycles. The maximum atomic E-state index is 5.46. The van der Waals surface area contributed by atoms with Gasteiger partial charge in [0.25, 0.3) is 0 Å². The van der Waals surface area contributed by atoms with E-state index in [0.717, 1.165) is 0 Å². The molecule has 0 spiro atoms. The van der Waals surface area contributed by atoms with E-state index in [-0.39, 0.29) is 12.0 Å².